The van der Waals surface area contributed by atoms with Gasteiger partial charge in [0.05, 0.1) is 6.61 Å². The highest BCUT2D eigenvalue weighted by molar-refractivity contribution is 7.87. The molecular formula is C9H19N3O4S. The van der Waals surface area contributed by atoms with E-state index in [1.54, 1.807) is 6.92 Å². The van der Waals surface area contributed by atoms with Crippen LogP contribution in [0.1, 0.15) is 26.2 Å². The molecule has 0 aliphatic heterocycles. The fraction of sp³-hybridized carbons (Fsp3) is 0.889. The second kappa shape index (κ2) is 6.18. The van der Waals surface area contributed by atoms with Crippen LogP contribution in [-0.2, 0) is 14.9 Å². The number of rotatable bonds is 6. The molecule has 100 valence electrons. The summed E-state index contributed by atoms with van der Waals surface area (Å²) in [6.45, 7) is 2.16. The van der Waals surface area contributed by atoms with Gasteiger partial charge in [-0.15, -0.1) is 0 Å². The Morgan fingerprint density at radius 2 is 2.18 bits per heavy atom. The number of nitrogens with two attached hydrogens (primary N) is 1. The predicted molar refractivity (Wildman–Crippen MR) is 62.5 cm³/mol. The van der Waals surface area contributed by atoms with Crippen molar-refractivity contribution < 1.29 is 17.9 Å². The molecule has 0 heterocycles. The molecule has 0 spiro atoms. The quantitative estimate of drug-likeness (QED) is 0.692. The highest BCUT2D eigenvalue weighted by atomic mass is 32.2. The molecule has 0 bridgehead atoms. The van der Waals surface area contributed by atoms with E-state index >= 15 is 0 Å². The number of nitrogens with one attached hydrogen (secondary N) is 1. The van der Waals surface area contributed by atoms with Crippen molar-refractivity contribution in [3.8, 4) is 0 Å². The normalized spacial score (nSPS) is 16.6. The van der Waals surface area contributed by atoms with E-state index < -0.39 is 16.3 Å². The van der Waals surface area contributed by atoms with Crippen molar-refractivity contribution in [2.45, 2.75) is 32.2 Å². The molecule has 1 fully saturated rings. The Labute approximate surface area is 101 Å². The second-order valence-electron chi connectivity index (χ2n) is 3.81. The van der Waals surface area contributed by atoms with Crippen LogP contribution in [0.2, 0.25) is 0 Å². The van der Waals surface area contributed by atoms with Gasteiger partial charge in [-0.2, -0.15) is 12.7 Å². The Kier molecular flexibility index (Phi) is 5.16. The molecule has 1 saturated carbocycles. The van der Waals surface area contributed by atoms with E-state index in [0.29, 0.717) is 0 Å². The van der Waals surface area contributed by atoms with Gasteiger partial charge >= 0.3 is 16.3 Å². The van der Waals surface area contributed by atoms with E-state index in [2.05, 4.69) is 4.74 Å². The third-order valence-electron chi connectivity index (χ3n) is 2.63. The van der Waals surface area contributed by atoms with Crippen molar-refractivity contribution in [3.05, 3.63) is 0 Å². The number of nitrogens with zero attached hydrogens (tertiary/aromatic N) is 1. The van der Waals surface area contributed by atoms with Crippen LogP contribution in [0, 0.1) is 0 Å². The zero-order valence-electron chi connectivity index (χ0n) is 9.89. The topological polar surface area (TPSA) is 102 Å². The van der Waals surface area contributed by atoms with Crippen LogP contribution in [0.3, 0.4) is 0 Å². The SMILES string of the molecule is CCOC(=O)NS(=O)(=O)N(CCN)C1CCC1. The first-order valence-corrected chi connectivity index (χ1v) is 7.11. The first kappa shape index (κ1) is 14.2. The molecule has 1 aliphatic rings. The maximum Gasteiger partial charge on any atom is 0.421 e. The zero-order valence-corrected chi connectivity index (χ0v) is 10.7. The molecule has 0 aromatic rings. The molecule has 0 unspecified atom stereocenters. The Morgan fingerprint density at radius 3 is 2.59 bits per heavy atom. The lowest BCUT2D eigenvalue weighted by Gasteiger charge is -2.35. The lowest BCUT2D eigenvalue weighted by atomic mass is 9.93. The maximum atomic E-state index is 11.9. The van der Waals surface area contributed by atoms with Crippen LogP contribution < -0.4 is 10.5 Å². The molecule has 1 rings (SSSR count). The molecule has 17 heavy (non-hydrogen) atoms. The standard InChI is InChI=1S/C9H19N3O4S/c1-2-16-9(13)11-17(14,15)12(7-6-10)8-4-3-5-8/h8H,2-7,10H2,1H3,(H,11,13). The van der Waals surface area contributed by atoms with Crippen LogP contribution in [0.5, 0.6) is 0 Å². The van der Waals surface area contributed by atoms with Crippen LogP contribution in [-0.4, -0.2) is 44.6 Å². The zero-order chi connectivity index (χ0) is 12.9. The monoisotopic (exact) mass is 265 g/mol. The molecular weight excluding hydrogens is 246 g/mol. The Bertz CT molecular complexity index is 353. The molecule has 0 atom stereocenters. The van der Waals surface area contributed by atoms with Crippen molar-refractivity contribution in [1.82, 2.24) is 9.03 Å². The highest BCUT2D eigenvalue weighted by Gasteiger charge is 2.34. The Hall–Kier alpha value is -0.860. The van der Waals surface area contributed by atoms with E-state index in [9.17, 15) is 13.2 Å². The number of carbonyl (C=O) groups excluding carboxylic acids is 1. The lowest BCUT2D eigenvalue weighted by molar-refractivity contribution is 0.156. The minimum atomic E-state index is -3.84. The Morgan fingerprint density at radius 1 is 1.53 bits per heavy atom. The fourth-order valence-electron chi connectivity index (χ4n) is 1.63. The van der Waals surface area contributed by atoms with E-state index in [-0.39, 0.29) is 25.7 Å². The van der Waals surface area contributed by atoms with Gasteiger partial charge in [0.25, 0.3) is 0 Å². The Balaban J connectivity index is 2.66. The largest absolute Gasteiger partial charge is 0.449 e. The summed E-state index contributed by atoms with van der Waals surface area (Å²) < 4.78 is 31.5. The first-order chi connectivity index (χ1) is 8.01. The van der Waals surface area contributed by atoms with Crippen molar-refractivity contribution in [2.75, 3.05) is 19.7 Å². The van der Waals surface area contributed by atoms with Gasteiger partial charge in [0.1, 0.15) is 0 Å². The predicted octanol–water partition coefficient (Wildman–Crippen LogP) is -0.209. The molecule has 0 saturated heterocycles. The van der Waals surface area contributed by atoms with E-state index in [0.717, 1.165) is 19.3 Å². The summed E-state index contributed by atoms with van der Waals surface area (Å²) in [6.07, 6.45) is 1.67. The fourth-order valence-corrected chi connectivity index (χ4v) is 2.96. The molecule has 0 radical (unpaired) electrons. The van der Waals surface area contributed by atoms with Gasteiger partial charge in [-0.05, 0) is 19.8 Å². The smallest absolute Gasteiger partial charge is 0.421 e. The molecule has 1 aliphatic carbocycles. The maximum absolute atomic E-state index is 11.9. The van der Waals surface area contributed by atoms with Crippen molar-refractivity contribution in [1.29, 1.82) is 0 Å². The molecule has 7 nitrogen and oxygen atoms in total. The summed E-state index contributed by atoms with van der Waals surface area (Å²) in [6, 6.07) is -0.0505. The van der Waals surface area contributed by atoms with Gasteiger partial charge in [-0.3, -0.25) is 0 Å². The van der Waals surface area contributed by atoms with Crippen LogP contribution in [0.25, 0.3) is 0 Å². The molecule has 3 N–H and O–H groups in total. The third-order valence-corrected chi connectivity index (χ3v) is 4.15. The molecule has 8 heteroatoms. The van der Waals surface area contributed by atoms with Crippen molar-refractivity contribution in [3.63, 3.8) is 0 Å². The van der Waals surface area contributed by atoms with Crippen LogP contribution >= 0.6 is 0 Å². The van der Waals surface area contributed by atoms with E-state index in [1.807, 2.05) is 4.72 Å². The van der Waals surface area contributed by atoms with Gasteiger partial charge in [0.2, 0.25) is 0 Å². The summed E-state index contributed by atoms with van der Waals surface area (Å²) in [7, 11) is -3.84. The van der Waals surface area contributed by atoms with Crippen LogP contribution in [0.15, 0.2) is 0 Å². The number of carbonyl (C=O) groups is 1. The van der Waals surface area contributed by atoms with Gasteiger partial charge in [0.15, 0.2) is 0 Å². The highest BCUT2D eigenvalue weighted by Crippen LogP contribution is 2.26. The average molecular weight is 265 g/mol. The number of ether oxygens (including phenoxy) is 1. The lowest BCUT2D eigenvalue weighted by Crippen LogP contribution is -2.52. The first-order valence-electron chi connectivity index (χ1n) is 5.67. The minimum absolute atomic E-state index is 0.0505. The number of hydrogen-bond donors (Lipinski definition) is 2. The molecule has 0 aromatic carbocycles. The minimum Gasteiger partial charge on any atom is -0.449 e. The summed E-state index contributed by atoms with van der Waals surface area (Å²) in [5, 5.41) is 0. The van der Waals surface area contributed by atoms with Crippen molar-refractivity contribution >= 4 is 16.3 Å². The van der Waals surface area contributed by atoms with Gasteiger partial charge < -0.3 is 10.5 Å². The molecule has 1 amide bonds. The van der Waals surface area contributed by atoms with Crippen molar-refractivity contribution in [2.24, 2.45) is 5.73 Å². The summed E-state index contributed by atoms with van der Waals surface area (Å²) in [5.41, 5.74) is 5.38. The van der Waals surface area contributed by atoms with E-state index in [1.165, 1.54) is 4.31 Å². The summed E-state index contributed by atoms with van der Waals surface area (Å²) in [5.74, 6) is 0. The summed E-state index contributed by atoms with van der Waals surface area (Å²) >= 11 is 0. The summed E-state index contributed by atoms with van der Waals surface area (Å²) in [4.78, 5) is 11.1. The number of hydrogen-bond acceptors (Lipinski definition) is 5. The van der Waals surface area contributed by atoms with Crippen LogP contribution in [0.4, 0.5) is 4.79 Å². The average Bonchev–Trinajstić information content (AvgIpc) is 2.13. The third kappa shape index (κ3) is 3.83. The second-order valence-corrected chi connectivity index (χ2v) is 5.43. The van der Waals surface area contributed by atoms with Gasteiger partial charge in [-0.25, -0.2) is 9.52 Å². The van der Waals surface area contributed by atoms with Gasteiger partial charge in [0, 0.05) is 19.1 Å². The number of amides is 1. The molecule has 0 aromatic heterocycles. The van der Waals surface area contributed by atoms with Gasteiger partial charge in [-0.1, -0.05) is 6.42 Å². The van der Waals surface area contributed by atoms with E-state index in [4.69, 9.17) is 5.73 Å².